The molecule has 0 saturated carbocycles. The molecule has 2 aliphatic rings. The largest absolute Gasteiger partial charge is 0.351 e. The zero-order valence-corrected chi connectivity index (χ0v) is 19.0. The second-order valence-electron chi connectivity index (χ2n) is 8.63. The van der Waals surface area contributed by atoms with E-state index in [0.29, 0.717) is 23.5 Å². The van der Waals surface area contributed by atoms with Crippen molar-refractivity contribution in [3.63, 3.8) is 0 Å². The molecule has 0 atom stereocenters. The fourth-order valence-electron chi connectivity index (χ4n) is 4.55. The molecule has 0 unspecified atom stereocenters. The highest BCUT2D eigenvalue weighted by atomic mass is 16.2. The van der Waals surface area contributed by atoms with Gasteiger partial charge in [-0.15, -0.1) is 0 Å². The highest BCUT2D eigenvalue weighted by Crippen LogP contribution is 2.41. The number of hydrogen-bond donors (Lipinski definition) is 2. The number of benzene rings is 2. The number of fused-ring (bicyclic) bond motifs is 2. The lowest BCUT2D eigenvalue weighted by Crippen LogP contribution is -2.37. The molecule has 2 aromatic carbocycles. The molecule has 2 aromatic rings. The number of hydrogen-bond acceptors (Lipinski definition) is 4. The van der Waals surface area contributed by atoms with Gasteiger partial charge in [-0.3, -0.25) is 19.8 Å². The molecule has 32 heavy (non-hydrogen) atoms. The molecule has 0 bridgehead atoms. The lowest BCUT2D eigenvalue weighted by Gasteiger charge is -2.18. The fraction of sp³-hybridized carbons (Fsp3) is 0.407. The summed E-state index contributed by atoms with van der Waals surface area (Å²) in [5.74, 6) is -0.245. The van der Waals surface area contributed by atoms with Crippen LogP contribution >= 0.6 is 0 Å². The maximum absolute atomic E-state index is 13.4. The van der Waals surface area contributed by atoms with Crippen molar-refractivity contribution in [2.75, 3.05) is 23.4 Å². The summed E-state index contributed by atoms with van der Waals surface area (Å²) in [6, 6.07) is 15.1. The zero-order valence-electron chi connectivity index (χ0n) is 19.0. The first-order valence-corrected chi connectivity index (χ1v) is 12.0. The lowest BCUT2D eigenvalue weighted by molar-refractivity contribution is -0.113. The monoisotopic (exact) mass is 431 g/mol. The normalized spacial score (nSPS) is 17.0. The van der Waals surface area contributed by atoms with Crippen molar-refractivity contribution in [1.82, 2.24) is 5.32 Å². The average Bonchev–Trinajstić information content (AvgIpc) is 3.28. The minimum absolute atomic E-state index is 0.118. The van der Waals surface area contributed by atoms with Gasteiger partial charge in [0.1, 0.15) is 5.70 Å². The molecule has 0 fully saturated rings. The minimum atomic E-state index is -0.127. The number of nitrogens with zero attached hydrogens (tertiary/aromatic N) is 1. The van der Waals surface area contributed by atoms with Gasteiger partial charge in [-0.05, 0) is 31.2 Å². The Bertz CT molecular complexity index is 1010. The average molecular weight is 432 g/mol. The van der Waals surface area contributed by atoms with E-state index in [4.69, 9.17) is 0 Å². The first kappa shape index (κ1) is 22.3. The van der Waals surface area contributed by atoms with Gasteiger partial charge >= 0.3 is 0 Å². The molecular weight excluding hydrogens is 398 g/mol. The van der Waals surface area contributed by atoms with Crippen molar-refractivity contribution in [2.24, 2.45) is 0 Å². The minimum Gasteiger partial charge on any atom is -0.351 e. The van der Waals surface area contributed by atoms with Crippen molar-refractivity contribution in [3.05, 3.63) is 65.4 Å². The number of para-hydroxylation sites is 2. The highest BCUT2D eigenvalue weighted by molar-refractivity contribution is 6.39. The van der Waals surface area contributed by atoms with E-state index < -0.39 is 0 Å². The maximum atomic E-state index is 13.4. The van der Waals surface area contributed by atoms with Crippen molar-refractivity contribution in [2.45, 2.75) is 58.3 Å². The number of anilines is 2. The second kappa shape index (κ2) is 10.6. The van der Waals surface area contributed by atoms with Gasteiger partial charge in [0.15, 0.2) is 0 Å². The molecule has 5 heteroatoms. The molecule has 0 aromatic heterocycles. The number of rotatable bonds is 11. The number of ketones is 1. The van der Waals surface area contributed by atoms with E-state index in [2.05, 4.69) is 17.6 Å². The molecule has 0 aliphatic carbocycles. The van der Waals surface area contributed by atoms with Crippen LogP contribution in [-0.4, -0.2) is 24.9 Å². The maximum Gasteiger partial charge on any atom is 0.262 e. The van der Waals surface area contributed by atoms with E-state index >= 15 is 0 Å². The summed E-state index contributed by atoms with van der Waals surface area (Å²) >= 11 is 0. The molecule has 2 N–H and O–H groups in total. The summed E-state index contributed by atoms with van der Waals surface area (Å²) in [6.45, 7) is 3.58. The Morgan fingerprint density at radius 1 is 0.812 bits per heavy atom. The Morgan fingerprint density at radius 3 is 2.22 bits per heavy atom. The Labute approximate surface area is 190 Å². The van der Waals surface area contributed by atoms with E-state index in [-0.39, 0.29) is 11.7 Å². The van der Waals surface area contributed by atoms with Gasteiger partial charge in [-0.2, -0.15) is 0 Å². The number of nitrogens with one attached hydrogen (secondary N) is 2. The summed E-state index contributed by atoms with van der Waals surface area (Å²) in [5, 5.41) is 6.62. The quantitative estimate of drug-likeness (QED) is 0.352. The van der Waals surface area contributed by atoms with Crippen LogP contribution in [-0.2, 0) is 4.79 Å². The Morgan fingerprint density at radius 2 is 1.47 bits per heavy atom. The van der Waals surface area contributed by atoms with E-state index in [1.54, 1.807) is 11.0 Å². The molecule has 0 saturated heterocycles. The molecule has 168 valence electrons. The Balaban J connectivity index is 1.37. The van der Waals surface area contributed by atoms with Gasteiger partial charge in [0.05, 0.1) is 17.9 Å². The van der Waals surface area contributed by atoms with Gasteiger partial charge in [0.2, 0.25) is 5.78 Å². The molecule has 5 nitrogen and oxygen atoms in total. The third kappa shape index (κ3) is 4.63. The van der Waals surface area contributed by atoms with Gasteiger partial charge < -0.3 is 5.32 Å². The van der Waals surface area contributed by atoms with Crippen LogP contribution in [0, 0.1) is 0 Å². The summed E-state index contributed by atoms with van der Waals surface area (Å²) in [5.41, 5.74) is 3.90. The van der Waals surface area contributed by atoms with Gasteiger partial charge in [0, 0.05) is 16.8 Å². The van der Waals surface area contributed by atoms with Gasteiger partial charge in [0.25, 0.3) is 5.91 Å². The van der Waals surface area contributed by atoms with Crippen LogP contribution in [0.4, 0.5) is 11.4 Å². The van der Waals surface area contributed by atoms with Crippen molar-refractivity contribution in [1.29, 1.82) is 0 Å². The fourth-order valence-corrected chi connectivity index (χ4v) is 4.55. The second-order valence-corrected chi connectivity index (χ2v) is 8.63. The number of amides is 1. The van der Waals surface area contributed by atoms with Crippen LogP contribution in [0.1, 0.15) is 74.2 Å². The number of Topliss-reactive ketones (excluding diaryl/α,β-unsaturated/α-hetero) is 1. The van der Waals surface area contributed by atoms with E-state index in [1.807, 2.05) is 42.5 Å². The van der Waals surface area contributed by atoms with Gasteiger partial charge in [-0.25, -0.2) is 0 Å². The molecular formula is C27H33N3O2. The lowest BCUT2D eigenvalue weighted by atomic mass is 10.0. The smallest absolute Gasteiger partial charge is 0.262 e. The molecule has 2 heterocycles. The highest BCUT2D eigenvalue weighted by Gasteiger charge is 2.38. The third-order valence-corrected chi connectivity index (χ3v) is 6.31. The van der Waals surface area contributed by atoms with Crippen molar-refractivity contribution < 1.29 is 9.59 Å². The van der Waals surface area contributed by atoms with Crippen LogP contribution in [0.3, 0.4) is 0 Å². The zero-order chi connectivity index (χ0) is 22.3. The van der Waals surface area contributed by atoms with Gasteiger partial charge in [-0.1, -0.05) is 82.2 Å². The summed E-state index contributed by atoms with van der Waals surface area (Å²) < 4.78 is 0. The summed E-state index contributed by atoms with van der Waals surface area (Å²) in [6.07, 6.45) is 10.3. The first-order valence-electron chi connectivity index (χ1n) is 12.0. The van der Waals surface area contributed by atoms with Crippen LogP contribution in [0.2, 0.25) is 0 Å². The Kier molecular flexibility index (Phi) is 7.38. The van der Waals surface area contributed by atoms with Crippen molar-refractivity contribution in [3.8, 4) is 0 Å². The van der Waals surface area contributed by atoms with Crippen molar-refractivity contribution >= 4 is 28.6 Å². The molecule has 4 rings (SSSR count). The van der Waals surface area contributed by atoms with E-state index in [9.17, 15) is 9.59 Å². The summed E-state index contributed by atoms with van der Waals surface area (Å²) in [4.78, 5) is 28.1. The van der Waals surface area contributed by atoms with E-state index in [0.717, 1.165) is 29.9 Å². The molecule has 2 aliphatic heterocycles. The Hall–Kier alpha value is -2.92. The number of carbonyl (C=O) groups excluding carboxylic acids is 2. The number of allylic oxidation sites excluding steroid dienone is 1. The van der Waals surface area contributed by atoms with Crippen LogP contribution < -0.4 is 15.5 Å². The number of unbranched alkanes of at least 4 members (excludes halogenated alkanes) is 7. The predicted octanol–water partition coefficient (Wildman–Crippen LogP) is 5.74. The molecule has 0 radical (unpaired) electrons. The summed E-state index contributed by atoms with van der Waals surface area (Å²) in [7, 11) is 0. The van der Waals surface area contributed by atoms with Crippen LogP contribution in [0.25, 0.3) is 5.57 Å². The van der Waals surface area contributed by atoms with Crippen LogP contribution in [0.15, 0.2) is 54.2 Å². The third-order valence-electron chi connectivity index (χ3n) is 6.31. The first-order chi connectivity index (χ1) is 15.7. The molecule has 0 spiro atoms. The standard InChI is InChI=1S/C27H33N3O2/c1-2-3-4-5-6-7-8-13-18-28-19-30-23-17-12-10-15-21(23)24(27(30)32)25-26(31)20-14-9-11-16-22(20)29-25/h9-12,14-17,28-29H,2-8,13,18-19H2,1H3/b25-24-. The topological polar surface area (TPSA) is 61.4 Å². The predicted molar refractivity (Wildman–Crippen MR) is 131 cm³/mol. The van der Waals surface area contributed by atoms with Crippen LogP contribution in [0.5, 0.6) is 0 Å². The molecule has 1 amide bonds. The SMILES string of the molecule is CCCCCCCCCCNCN1C(=O)/C(=C2\Nc3ccccc3C2=O)c2ccccc21. The van der Waals surface area contributed by atoms with E-state index in [1.165, 1.54) is 44.9 Å². The number of carbonyl (C=O) groups is 2.